The van der Waals surface area contributed by atoms with E-state index in [1.54, 1.807) is 0 Å². The molecule has 0 spiro atoms. The summed E-state index contributed by atoms with van der Waals surface area (Å²) in [4.78, 5) is 0. The van der Waals surface area contributed by atoms with Crippen molar-refractivity contribution >= 4 is 8.32 Å². The summed E-state index contributed by atoms with van der Waals surface area (Å²) < 4.78 is 12.7. The molecule has 150 valence electrons. The molecule has 0 heterocycles. The van der Waals surface area contributed by atoms with Gasteiger partial charge in [-0.25, -0.2) is 0 Å². The molecular formula is C24H38O2Si. The Balaban J connectivity index is 2.01. The Hall–Kier alpha value is -1.32. The quantitative estimate of drug-likeness (QED) is 0.298. The van der Waals surface area contributed by atoms with Crippen LogP contribution >= 0.6 is 0 Å². The SMILES string of the molecule is C=C(COCc1ccccc1)[C@@H]1C=C(O[Si](CC)(CC)CC)CCC1CC. The summed E-state index contributed by atoms with van der Waals surface area (Å²) in [6.07, 6.45) is 5.85. The highest BCUT2D eigenvalue weighted by molar-refractivity contribution is 6.73. The maximum atomic E-state index is 6.69. The standard InChI is InChI=1S/C24H38O2Si/c1-6-22-15-16-23(26-27(7-2,8-3)9-4)17-24(22)20(5)18-25-19-21-13-11-10-12-14-21/h10-14,17,22,24H,5-9,15-16,18-19H2,1-4H3/t22?,24-/m0/s1. The van der Waals surface area contributed by atoms with Crippen LogP contribution in [0.15, 0.2) is 54.3 Å². The van der Waals surface area contributed by atoms with Crippen molar-refractivity contribution in [2.75, 3.05) is 6.61 Å². The van der Waals surface area contributed by atoms with Crippen LogP contribution in [0, 0.1) is 11.8 Å². The van der Waals surface area contributed by atoms with Crippen LogP contribution in [-0.2, 0) is 15.8 Å². The second kappa shape index (κ2) is 10.9. The van der Waals surface area contributed by atoms with Crippen molar-refractivity contribution < 1.29 is 9.16 Å². The highest BCUT2D eigenvalue weighted by Crippen LogP contribution is 2.38. The predicted molar refractivity (Wildman–Crippen MR) is 118 cm³/mol. The number of allylic oxidation sites excluding steroid dienone is 2. The molecule has 1 aromatic carbocycles. The van der Waals surface area contributed by atoms with Gasteiger partial charge >= 0.3 is 0 Å². The minimum absolute atomic E-state index is 0.381. The van der Waals surface area contributed by atoms with E-state index in [2.05, 4.69) is 64.6 Å². The van der Waals surface area contributed by atoms with Gasteiger partial charge in [0.15, 0.2) is 0 Å². The summed E-state index contributed by atoms with van der Waals surface area (Å²) in [5.41, 5.74) is 2.40. The number of benzene rings is 1. The fraction of sp³-hybridized carbons (Fsp3) is 0.583. The van der Waals surface area contributed by atoms with E-state index in [9.17, 15) is 0 Å². The summed E-state index contributed by atoms with van der Waals surface area (Å²) >= 11 is 0. The van der Waals surface area contributed by atoms with Crippen molar-refractivity contribution in [3.05, 3.63) is 59.9 Å². The van der Waals surface area contributed by atoms with Crippen LogP contribution in [0.25, 0.3) is 0 Å². The van der Waals surface area contributed by atoms with Gasteiger partial charge in [-0.15, -0.1) is 0 Å². The first-order chi connectivity index (χ1) is 13.1. The Kier molecular flexibility index (Phi) is 8.84. The number of ether oxygens (including phenoxy) is 1. The molecule has 1 unspecified atom stereocenters. The summed E-state index contributed by atoms with van der Waals surface area (Å²) in [5, 5.41) is 0. The summed E-state index contributed by atoms with van der Waals surface area (Å²) in [7, 11) is -1.60. The lowest BCUT2D eigenvalue weighted by Crippen LogP contribution is -2.36. The third-order valence-electron chi connectivity index (χ3n) is 6.31. The lowest BCUT2D eigenvalue weighted by Gasteiger charge is -2.36. The molecule has 0 saturated carbocycles. The van der Waals surface area contributed by atoms with Gasteiger partial charge in [0.2, 0.25) is 8.32 Å². The molecule has 2 rings (SSSR count). The first kappa shape index (κ1) is 22.0. The van der Waals surface area contributed by atoms with Crippen molar-refractivity contribution in [3.63, 3.8) is 0 Å². The third-order valence-corrected chi connectivity index (χ3v) is 10.9. The van der Waals surface area contributed by atoms with Crippen LogP contribution in [0.3, 0.4) is 0 Å². The minimum Gasteiger partial charge on any atom is -0.547 e. The van der Waals surface area contributed by atoms with Gasteiger partial charge in [0.1, 0.15) is 0 Å². The molecule has 2 nitrogen and oxygen atoms in total. The summed E-state index contributed by atoms with van der Waals surface area (Å²) in [5.74, 6) is 2.27. The largest absolute Gasteiger partial charge is 0.547 e. The molecular weight excluding hydrogens is 348 g/mol. The minimum atomic E-state index is -1.60. The Morgan fingerprint density at radius 2 is 1.74 bits per heavy atom. The van der Waals surface area contributed by atoms with Crippen molar-refractivity contribution in [3.8, 4) is 0 Å². The van der Waals surface area contributed by atoms with E-state index in [1.165, 1.54) is 47.9 Å². The van der Waals surface area contributed by atoms with Crippen LogP contribution in [0.4, 0.5) is 0 Å². The van der Waals surface area contributed by atoms with E-state index in [0.29, 0.717) is 25.0 Å². The molecule has 1 aliphatic rings. The maximum absolute atomic E-state index is 6.69. The topological polar surface area (TPSA) is 18.5 Å². The second-order valence-electron chi connectivity index (χ2n) is 7.85. The molecule has 0 saturated heterocycles. The Bertz CT molecular complexity index is 596. The van der Waals surface area contributed by atoms with Crippen LogP contribution in [0.2, 0.25) is 18.1 Å². The predicted octanol–water partition coefficient (Wildman–Crippen LogP) is 7.10. The van der Waals surface area contributed by atoms with Crippen LogP contribution < -0.4 is 0 Å². The van der Waals surface area contributed by atoms with Gasteiger partial charge in [-0.05, 0) is 47.7 Å². The number of hydrogen-bond donors (Lipinski definition) is 0. The molecule has 0 aromatic heterocycles. The zero-order chi connectivity index (χ0) is 19.7. The van der Waals surface area contributed by atoms with Gasteiger partial charge in [0.25, 0.3) is 0 Å². The number of hydrogen-bond acceptors (Lipinski definition) is 2. The number of rotatable bonds is 11. The van der Waals surface area contributed by atoms with E-state index < -0.39 is 8.32 Å². The first-order valence-electron chi connectivity index (χ1n) is 10.8. The third kappa shape index (κ3) is 6.08. The molecule has 1 aromatic rings. The van der Waals surface area contributed by atoms with E-state index in [0.717, 1.165) is 6.42 Å². The Morgan fingerprint density at radius 3 is 2.33 bits per heavy atom. The lowest BCUT2D eigenvalue weighted by molar-refractivity contribution is 0.133. The molecule has 0 radical (unpaired) electrons. The van der Waals surface area contributed by atoms with Gasteiger partial charge in [-0.1, -0.05) is 71.0 Å². The van der Waals surface area contributed by atoms with E-state index in [4.69, 9.17) is 9.16 Å². The van der Waals surface area contributed by atoms with E-state index in [-0.39, 0.29) is 0 Å². The Labute approximate surface area is 167 Å². The van der Waals surface area contributed by atoms with Crippen molar-refractivity contribution in [2.24, 2.45) is 11.8 Å². The highest BCUT2D eigenvalue weighted by Gasteiger charge is 2.34. The zero-order valence-corrected chi connectivity index (χ0v) is 18.8. The fourth-order valence-electron chi connectivity index (χ4n) is 4.14. The maximum Gasteiger partial charge on any atom is 0.250 e. The van der Waals surface area contributed by atoms with E-state index >= 15 is 0 Å². The molecule has 2 atom stereocenters. The summed E-state index contributed by atoms with van der Waals surface area (Å²) in [6, 6.07) is 13.9. The second-order valence-corrected chi connectivity index (χ2v) is 12.5. The molecule has 0 N–H and O–H groups in total. The van der Waals surface area contributed by atoms with Gasteiger partial charge in [-0.3, -0.25) is 0 Å². The molecule has 0 fully saturated rings. The molecule has 27 heavy (non-hydrogen) atoms. The zero-order valence-electron chi connectivity index (χ0n) is 17.8. The van der Waals surface area contributed by atoms with Crippen LogP contribution in [0.5, 0.6) is 0 Å². The molecule has 1 aliphatic carbocycles. The average Bonchev–Trinajstić information content (AvgIpc) is 2.72. The van der Waals surface area contributed by atoms with E-state index in [1.807, 2.05) is 6.07 Å². The smallest absolute Gasteiger partial charge is 0.250 e. The lowest BCUT2D eigenvalue weighted by atomic mass is 9.78. The van der Waals surface area contributed by atoms with Gasteiger partial charge in [0, 0.05) is 12.3 Å². The first-order valence-corrected chi connectivity index (χ1v) is 13.3. The highest BCUT2D eigenvalue weighted by atomic mass is 28.4. The van der Waals surface area contributed by atoms with Crippen LogP contribution in [-0.4, -0.2) is 14.9 Å². The monoisotopic (exact) mass is 386 g/mol. The average molecular weight is 387 g/mol. The normalized spacial score (nSPS) is 20.2. The summed E-state index contributed by atoms with van der Waals surface area (Å²) in [6.45, 7) is 14.8. The van der Waals surface area contributed by atoms with Gasteiger partial charge in [0.05, 0.1) is 19.0 Å². The molecule has 0 amide bonds. The van der Waals surface area contributed by atoms with Gasteiger partial charge in [-0.2, -0.15) is 0 Å². The van der Waals surface area contributed by atoms with Gasteiger partial charge < -0.3 is 9.16 Å². The van der Waals surface area contributed by atoms with Crippen molar-refractivity contribution in [2.45, 2.75) is 71.7 Å². The van der Waals surface area contributed by atoms with Crippen LogP contribution in [0.1, 0.15) is 52.5 Å². The molecule has 0 bridgehead atoms. The van der Waals surface area contributed by atoms with Crippen molar-refractivity contribution in [1.29, 1.82) is 0 Å². The fourth-order valence-corrected chi connectivity index (χ4v) is 6.80. The molecule has 3 heteroatoms. The van der Waals surface area contributed by atoms with Crippen molar-refractivity contribution in [1.82, 2.24) is 0 Å². The molecule has 0 aliphatic heterocycles. The Morgan fingerprint density at radius 1 is 1.07 bits per heavy atom.